The van der Waals surface area contributed by atoms with Gasteiger partial charge in [0.25, 0.3) is 0 Å². The summed E-state index contributed by atoms with van der Waals surface area (Å²) in [6, 6.07) is 9.51. The van der Waals surface area contributed by atoms with E-state index >= 15 is 0 Å². The number of rotatable bonds is 6. The number of hydrogen-bond acceptors (Lipinski definition) is 2. The molecule has 0 amide bonds. The maximum Gasteiger partial charge on any atom is 0.314 e. The van der Waals surface area contributed by atoms with Gasteiger partial charge in [-0.3, -0.25) is 9.48 Å². The highest BCUT2D eigenvalue weighted by atomic mass is 16.4. The number of aliphatic carboxylic acids is 1. The van der Waals surface area contributed by atoms with Crippen LogP contribution in [0, 0.1) is 0 Å². The molecule has 0 fully saturated rings. The van der Waals surface area contributed by atoms with E-state index in [0.717, 1.165) is 11.1 Å². The normalized spacial score (nSPS) is 13.9. The summed E-state index contributed by atoms with van der Waals surface area (Å²) >= 11 is 0. The van der Waals surface area contributed by atoms with Gasteiger partial charge in [0.05, 0.1) is 11.6 Å². The van der Waals surface area contributed by atoms with E-state index in [1.54, 1.807) is 10.9 Å². The lowest BCUT2D eigenvalue weighted by Gasteiger charge is -2.28. The SMILES string of the molecule is CCC(CCc1cnn(C)c1)(C(=O)O)c1ccccc1. The standard InChI is InChI=1S/C16H20N2O2/c1-3-16(15(19)20,14-7-5-4-6-8-14)10-9-13-11-17-18(2)12-13/h4-8,11-12H,3,9-10H2,1-2H3,(H,19,20). The third kappa shape index (κ3) is 2.74. The first-order valence-corrected chi connectivity index (χ1v) is 6.85. The fourth-order valence-corrected chi connectivity index (χ4v) is 2.62. The molecule has 0 aliphatic carbocycles. The third-order valence-electron chi connectivity index (χ3n) is 3.94. The molecule has 0 aliphatic rings. The zero-order valence-corrected chi connectivity index (χ0v) is 11.9. The van der Waals surface area contributed by atoms with Crippen LogP contribution in [0.3, 0.4) is 0 Å². The Bertz CT molecular complexity index is 577. The van der Waals surface area contributed by atoms with Crippen LogP contribution in [0.15, 0.2) is 42.7 Å². The first kappa shape index (κ1) is 14.3. The van der Waals surface area contributed by atoms with E-state index in [1.165, 1.54) is 0 Å². The van der Waals surface area contributed by atoms with Crippen molar-refractivity contribution in [3.63, 3.8) is 0 Å². The Morgan fingerprint density at radius 1 is 1.35 bits per heavy atom. The Morgan fingerprint density at radius 2 is 2.05 bits per heavy atom. The molecular weight excluding hydrogens is 252 g/mol. The second-order valence-corrected chi connectivity index (χ2v) is 5.13. The van der Waals surface area contributed by atoms with Crippen molar-refractivity contribution in [1.29, 1.82) is 0 Å². The minimum atomic E-state index is -0.822. The molecule has 2 aromatic rings. The minimum absolute atomic E-state index is 0.576. The van der Waals surface area contributed by atoms with Gasteiger partial charge in [0.2, 0.25) is 0 Å². The fraction of sp³-hybridized carbons (Fsp3) is 0.375. The number of aromatic nitrogens is 2. The highest BCUT2D eigenvalue weighted by Crippen LogP contribution is 2.33. The first-order chi connectivity index (χ1) is 9.58. The first-order valence-electron chi connectivity index (χ1n) is 6.85. The van der Waals surface area contributed by atoms with Crippen LogP contribution in [0.25, 0.3) is 0 Å². The average molecular weight is 272 g/mol. The lowest BCUT2D eigenvalue weighted by Crippen LogP contribution is -2.35. The Kier molecular flexibility index (Phi) is 4.23. The van der Waals surface area contributed by atoms with Gasteiger partial charge in [-0.15, -0.1) is 0 Å². The van der Waals surface area contributed by atoms with Crippen molar-refractivity contribution >= 4 is 5.97 Å². The van der Waals surface area contributed by atoms with Gasteiger partial charge in [0.15, 0.2) is 0 Å². The second-order valence-electron chi connectivity index (χ2n) is 5.13. The minimum Gasteiger partial charge on any atom is -0.481 e. The van der Waals surface area contributed by atoms with E-state index < -0.39 is 11.4 Å². The second kappa shape index (κ2) is 5.90. The van der Waals surface area contributed by atoms with Crippen molar-refractivity contribution in [3.8, 4) is 0 Å². The molecule has 20 heavy (non-hydrogen) atoms. The van der Waals surface area contributed by atoms with Gasteiger partial charge in [-0.05, 0) is 30.4 Å². The van der Waals surface area contributed by atoms with E-state index in [2.05, 4.69) is 5.10 Å². The Balaban J connectivity index is 2.26. The van der Waals surface area contributed by atoms with Crippen LogP contribution in [0.2, 0.25) is 0 Å². The van der Waals surface area contributed by atoms with Crippen molar-refractivity contribution in [2.45, 2.75) is 31.6 Å². The summed E-state index contributed by atoms with van der Waals surface area (Å²) in [4.78, 5) is 11.9. The molecule has 4 heteroatoms. The van der Waals surface area contributed by atoms with Crippen LogP contribution in [0.1, 0.15) is 30.9 Å². The van der Waals surface area contributed by atoms with Gasteiger partial charge in [-0.2, -0.15) is 5.10 Å². The molecule has 106 valence electrons. The van der Waals surface area contributed by atoms with Crippen molar-refractivity contribution < 1.29 is 9.90 Å². The number of hydrogen-bond donors (Lipinski definition) is 1. The van der Waals surface area contributed by atoms with Gasteiger partial charge in [0, 0.05) is 13.2 Å². The number of carboxylic acids is 1. The molecule has 0 saturated heterocycles. The van der Waals surface area contributed by atoms with Crippen LogP contribution in [0.4, 0.5) is 0 Å². The molecule has 1 aromatic carbocycles. The summed E-state index contributed by atoms with van der Waals surface area (Å²) in [6.07, 6.45) is 5.60. The fourth-order valence-electron chi connectivity index (χ4n) is 2.62. The van der Waals surface area contributed by atoms with Crippen LogP contribution in [-0.4, -0.2) is 20.9 Å². The molecule has 1 aromatic heterocycles. The molecule has 0 spiro atoms. The number of carbonyl (C=O) groups is 1. The molecule has 1 atom stereocenters. The van der Waals surface area contributed by atoms with E-state index in [-0.39, 0.29) is 0 Å². The van der Waals surface area contributed by atoms with Crippen molar-refractivity contribution in [1.82, 2.24) is 9.78 Å². The maximum absolute atomic E-state index is 11.9. The number of carboxylic acid groups (broad SMARTS) is 1. The molecule has 2 rings (SSSR count). The molecule has 1 unspecified atom stereocenters. The quantitative estimate of drug-likeness (QED) is 0.879. The van der Waals surface area contributed by atoms with E-state index in [9.17, 15) is 9.90 Å². The van der Waals surface area contributed by atoms with E-state index in [1.807, 2.05) is 50.5 Å². The van der Waals surface area contributed by atoms with Crippen molar-refractivity contribution in [3.05, 3.63) is 53.9 Å². The van der Waals surface area contributed by atoms with Gasteiger partial charge in [-0.1, -0.05) is 37.3 Å². The summed E-state index contributed by atoms with van der Waals surface area (Å²) < 4.78 is 1.74. The van der Waals surface area contributed by atoms with Crippen LogP contribution in [0.5, 0.6) is 0 Å². The van der Waals surface area contributed by atoms with E-state index in [0.29, 0.717) is 19.3 Å². The van der Waals surface area contributed by atoms with Crippen molar-refractivity contribution in [2.75, 3.05) is 0 Å². The van der Waals surface area contributed by atoms with Crippen LogP contribution < -0.4 is 0 Å². The highest BCUT2D eigenvalue weighted by Gasteiger charge is 2.38. The number of nitrogens with zero attached hydrogens (tertiary/aromatic N) is 2. The Labute approximate surface area is 119 Å². The van der Waals surface area contributed by atoms with Gasteiger partial charge in [-0.25, -0.2) is 0 Å². The largest absolute Gasteiger partial charge is 0.481 e. The zero-order valence-electron chi connectivity index (χ0n) is 11.9. The molecule has 0 aliphatic heterocycles. The van der Waals surface area contributed by atoms with Gasteiger partial charge in [0.1, 0.15) is 0 Å². The Morgan fingerprint density at radius 3 is 2.55 bits per heavy atom. The topological polar surface area (TPSA) is 55.1 Å². The third-order valence-corrected chi connectivity index (χ3v) is 3.94. The summed E-state index contributed by atoms with van der Waals surface area (Å²) in [5, 5.41) is 13.9. The van der Waals surface area contributed by atoms with Crippen LogP contribution in [-0.2, 0) is 23.7 Å². The lowest BCUT2D eigenvalue weighted by molar-refractivity contribution is -0.144. The summed E-state index contributed by atoms with van der Waals surface area (Å²) in [5.74, 6) is -0.755. The zero-order chi connectivity index (χ0) is 14.6. The molecular formula is C16H20N2O2. The maximum atomic E-state index is 11.9. The predicted octanol–water partition coefficient (Wildman–Crippen LogP) is 2.79. The van der Waals surface area contributed by atoms with Crippen LogP contribution >= 0.6 is 0 Å². The molecule has 0 saturated carbocycles. The number of benzene rings is 1. The molecule has 0 radical (unpaired) electrons. The van der Waals surface area contributed by atoms with Gasteiger partial charge >= 0.3 is 5.97 Å². The molecule has 0 bridgehead atoms. The molecule has 1 N–H and O–H groups in total. The molecule has 4 nitrogen and oxygen atoms in total. The summed E-state index contributed by atoms with van der Waals surface area (Å²) in [5.41, 5.74) is 1.12. The Hall–Kier alpha value is -2.10. The summed E-state index contributed by atoms with van der Waals surface area (Å²) in [7, 11) is 1.87. The smallest absolute Gasteiger partial charge is 0.314 e. The highest BCUT2D eigenvalue weighted by molar-refractivity contribution is 5.81. The van der Waals surface area contributed by atoms with Crippen molar-refractivity contribution in [2.24, 2.45) is 7.05 Å². The predicted molar refractivity (Wildman–Crippen MR) is 77.6 cm³/mol. The lowest BCUT2D eigenvalue weighted by atomic mass is 9.74. The monoisotopic (exact) mass is 272 g/mol. The van der Waals surface area contributed by atoms with E-state index in [4.69, 9.17) is 0 Å². The average Bonchev–Trinajstić information content (AvgIpc) is 2.87. The summed E-state index contributed by atoms with van der Waals surface area (Å²) in [6.45, 7) is 1.93. The molecule has 1 heterocycles. The number of aryl methyl sites for hydroxylation is 2. The van der Waals surface area contributed by atoms with Gasteiger partial charge < -0.3 is 5.11 Å².